The summed E-state index contributed by atoms with van der Waals surface area (Å²) in [5, 5.41) is 0.621. The highest BCUT2D eigenvalue weighted by Crippen LogP contribution is 2.29. The number of thiazole rings is 1. The Morgan fingerprint density at radius 1 is 1.31 bits per heavy atom. The minimum atomic E-state index is -0.296. The van der Waals surface area contributed by atoms with Gasteiger partial charge in [0.15, 0.2) is 0 Å². The van der Waals surface area contributed by atoms with E-state index < -0.39 is 0 Å². The lowest BCUT2D eigenvalue weighted by Gasteiger charge is -2.04. The maximum Gasteiger partial charge on any atom is 0.209 e. The van der Waals surface area contributed by atoms with Gasteiger partial charge in [0.05, 0.1) is 21.1 Å². The molecule has 0 amide bonds. The van der Waals surface area contributed by atoms with Gasteiger partial charge in [-0.25, -0.2) is 4.98 Å². The Labute approximate surface area is 106 Å². The molecule has 0 spiro atoms. The van der Waals surface area contributed by atoms with Crippen molar-refractivity contribution in [2.45, 2.75) is 0 Å². The number of carbonyl (C=O) groups excluding carboxylic acids is 1. The van der Waals surface area contributed by atoms with Crippen molar-refractivity contribution in [2.75, 3.05) is 5.73 Å². The zero-order chi connectivity index (χ0) is 11.7. The van der Waals surface area contributed by atoms with Gasteiger partial charge in [0.1, 0.15) is 10.7 Å². The van der Waals surface area contributed by atoms with Crippen molar-refractivity contribution in [3.63, 3.8) is 0 Å². The van der Waals surface area contributed by atoms with E-state index in [-0.39, 0.29) is 17.2 Å². The summed E-state index contributed by atoms with van der Waals surface area (Å²) in [6.07, 6.45) is 0. The Morgan fingerprint density at radius 3 is 2.44 bits per heavy atom. The van der Waals surface area contributed by atoms with Crippen LogP contribution >= 0.6 is 34.5 Å². The van der Waals surface area contributed by atoms with Gasteiger partial charge in [-0.05, 0) is 12.1 Å². The van der Waals surface area contributed by atoms with E-state index in [2.05, 4.69) is 4.98 Å². The van der Waals surface area contributed by atoms with Crippen molar-refractivity contribution in [1.82, 2.24) is 4.98 Å². The first-order chi connectivity index (χ1) is 7.61. The topological polar surface area (TPSA) is 56.0 Å². The lowest BCUT2D eigenvalue weighted by atomic mass is 10.1. The minimum absolute atomic E-state index is 0.200. The number of halogens is 2. The van der Waals surface area contributed by atoms with Gasteiger partial charge in [-0.1, -0.05) is 29.3 Å². The maximum atomic E-state index is 12.1. The lowest BCUT2D eigenvalue weighted by molar-refractivity contribution is 0.104. The molecule has 2 aromatic rings. The molecule has 0 unspecified atom stereocenters. The van der Waals surface area contributed by atoms with E-state index in [1.54, 1.807) is 18.2 Å². The molecule has 82 valence electrons. The molecule has 0 saturated carbocycles. The van der Waals surface area contributed by atoms with Crippen LogP contribution in [0.1, 0.15) is 15.2 Å². The van der Waals surface area contributed by atoms with Crippen molar-refractivity contribution in [3.05, 3.63) is 44.2 Å². The van der Waals surface area contributed by atoms with Crippen molar-refractivity contribution >= 4 is 46.1 Å². The Hall–Kier alpha value is -1.10. The van der Waals surface area contributed by atoms with Crippen LogP contribution in [-0.4, -0.2) is 10.8 Å². The highest BCUT2D eigenvalue weighted by Gasteiger charge is 2.20. The zero-order valence-corrected chi connectivity index (χ0v) is 10.2. The molecule has 0 bridgehead atoms. The number of nitrogen functional groups attached to an aromatic ring is 1. The molecule has 3 nitrogen and oxygen atoms in total. The first-order valence-electron chi connectivity index (χ1n) is 4.29. The van der Waals surface area contributed by atoms with Crippen LogP contribution in [0.15, 0.2) is 23.7 Å². The van der Waals surface area contributed by atoms with Crippen LogP contribution in [0.25, 0.3) is 0 Å². The van der Waals surface area contributed by atoms with Crippen LogP contribution < -0.4 is 5.73 Å². The molecule has 0 aliphatic carbocycles. The van der Waals surface area contributed by atoms with Gasteiger partial charge in [0, 0.05) is 0 Å². The average Bonchev–Trinajstić information content (AvgIpc) is 2.64. The molecule has 0 atom stereocenters. The Kier molecular flexibility index (Phi) is 3.14. The number of anilines is 1. The Balaban J connectivity index is 2.54. The number of hydrogen-bond donors (Lipinski definition) is 1. The van der Waals surface area contributed by atoms with Crippen LogP contribution in [0.3, 0.4) is 0 Å². The van der Waals surface area contributed by atoms with Crippen LogP contribution in [0.5, 0.6) is 0 Å². The summed E-state index contributed by atoms with van der Waals surface area (Å²) < 4.78 is 0. The molecule has 16 heavy (non-hydrogen) atoms. The summed E-state index contributed by atoms with van der Waals surface area (Å²) in [4.78, 5) is 16.3. The van der Waals surface area contributed by atoms with Crippen molar-refractivity contribution in [2.24, 2.45) is 0 Å². The lowest BCUT2D eigenvalue weighted by Crippen LogP contribution is -2.04. The van der Waals surface area contributed by atoms with Gasteiger partial charge < -0.3 is 5.73 Å². The summed E-state index contributed by atoms with van der Waals surface area (Å²) in [6.45, 7) is 0. The SMILES string of the molecule is Nc1ncsc1C(=O)c1c(Cl)cccc1Cl. The molecular weight excluding hydrogens is 267 g/mol. The van der Waals surface area contributed by atoms with Crippen LogP contribution in [0, 0.1) is 0 Å². The molecule has 2 rings (SSSR count). The number of carbonyl (C=O) groups is 1. The molecule has 2 N–H and O–H groups in total. The van der Waals surface area contributed by atoms with E-state index in [1.165, 1.54) is 16.8 Å². The van der Waals surface area contributed by atoms with E-state index in [4.69, 9.17) is 28.9 Å². The molecule has 6 heteroatoms. The number of hydrogen-bond acceptors (Lipinski definition) is 4. The highest BCUT2D eigenvalue weighted by atomic mass is 35.5. The predicted octanol–water partition coefficient (Wildman–Crippen LogP) is 3.26. The van der Waals surface area contributed by atoms with Gasteiger partial charge in [-0.2, -0.15) is 0 Å². The van der Waals surface area contributed by atoms with Gasteiger partial charge in [-0.3, -0.25) is 4.79 Å². The standard InChI is InChI=1S/C10H6Cl2N2OS/c11-5-2-1-3-6(12)7(5)8(15)9-10(13)14-4-16-9/h1-4H,13H2. The van der Waals surface area contributed by atoms with Gasteiger partial charge in [0.2, 0.25) is 5.78 Å². The highest BCUT2D eigenvalue weighted by molar-refractivity contribution is 7.12. The summed E-state index contributed by atoms with van der Waals surface area (Å²) in [5.41, 5.74) is 7.34. The Bertz CT molecular complexity index is 533. The normalized spacial score (nSPS) is 10.4. The molecular formula is C10H6Cl2N2OS. The first kappa shape index (κ1) is 11.4. The van der Waals surface area contributed by atoms with E-state index >= 15 is 0 Å². The maximum absolute atomic E-state index is 12.1. The summed E-state index contributed by atoms with van der Waals surface area (Å²) in [5.74, 6) is -0.0958. The van der Waals surface area contributed by atoms with Crippen LogP contribution in [0.4, 0.5) is 5.82 Å². The second kappa shape index (κ2) is 4.41. The van der Waals surface area contributed by atoms with E-state index in [0.29, 0.717) is 14.9 Å². The third-order valence-electron chi connectivity index (χ3n) is 1.99. The quantitative estimate of drug-likeness (QED) is 0.854. The van der Waals surface area contributed by atoms with Crippen molar-refractivity contribution < 1.29 is 4.79 Å². The molecule has 1 aromatic heterocycles. The minimum Gasteiger partial charge on any atom is -0.382 e. The van der Waals surface area contributed by atoms with Crippen molar-refractivity contribution in [3.8, 4) is 0 Å². The monoisotopic (exact) mass is 272 g/mol. The molecule has 0 aliphatic rings. The fraction of sp³-hybridized carbons (Fsp3) is 0. The van der Waals surface area contributed by atoms with Crippen LogP contribution in [0.2, 0.25) is 10.0 Å². The summed E-state index contributed by atoms with van der Waals surface area (Å²) >= 11 is 13.0. The Morgan fingerprint density at radius 2 is 1.94 bits per heavy atom. The summed E-state index contributed by atoms with van der Waals surface area (Å²) in [7, 11) is 0. The van der Waals surface area contributed by atoms with E-state index in [1.807, 2.05) is 0 Å². The predicted molar refractivity (Wildman–Crippen MR) is 66.4 cm³/mol. The van der Waals surface area contributed by atoms with Gasteiger partial charge in [-0.15, -0.1) is 11.3 Å². The van der Waals surface area contributed by atoms with E-state index in [0.717, 1.165) is 0 Å². The zero-order valence-electron chi connectivity index (χ0n) is 7.91. The third-order valence-corrected chi connectivity index (χ3v) is 3.46. The fourth-order valence-electron chi connectivity index (χ4n) is 1.25. The molecule has 0 aliphatic heterocycles. The summed E-state index contributed by atoms with van der Waals surface area (Å²) in [6, 6.07) is 4.90. The smallest absolute Gasteiger partial charge is 0.209 e. The number of ketones is 1. The second-order valence-electron chi connectivity index (χ2n) is 2.99. The molecule has 1 heterocycles. The average molecular weight is 273 g/mol. The molecule has 1 aromatic carbocycles. The molecule has 0 fully saturated rings. The number of nitrogens with zero attached hydrogens (tertiary/aromatic N) is 1. The number of benzene rings is 1. The van der Waals surface area contributed by atoms with Crippen LogP contribution in [-0.2, 0) is 0 Å². The second-order valence-corrected chi connectivity index (χ2v) is 4.66. The number of aromatic nitrogens is 1. The number of nitrogens with two attached hydrogens (primary N) is 1. The van der Waals surface area contributed by atoms with Gasteiger partial charge >= 0.3 is 0 Å². The van der Waals surface area contributed by atoms with E-state index in [9.17, 15) is 4.79 Å². The molecule has 0 radical (unpaired) electrons. The molecule has 0 saturated heterocycles. The first-order valence-corrected chi connectivity index (χ1v) is 5.92. The van der Waals surface area contributed by atoms with Crippen molar-refractivity contribution in [1.29, 1.82) is 0 Å². The largest absolute Gasteiger partial charge is 0.382 e. The van der Waals surface area contributed by atoms with Gasteiger partial charge in [0.25, 0.3) is 0 Å². The fourth-order valence-corrected chi connectivity index (χ4v) is 2.48. The third kappa shape index (κ3) is 1.91. The number of rotatable bonds is 2.